The third kappa shape index (κ3) is 5.12. The molecule has 1 fully saturated rings. The van der Waals surface area contributed by atoms with Crippen LogP contribution in [0.2, 0.25) is 0 Å². The van der Waals surface area contributed by atoms with E-state index < -0.39 is 5.92 Å². The molecule has 0 bridgehead atoms. The van der Waals surface area contributed by atoms with Crippen molar-refractivity contribution < 1.29 is 18.0 Å². The summed E-state index contributed by atoms with van der Waals surface area (Å²) in [5.74, 6) is -2.33. The van der Waals surface area contributed by atoms with Crippen molar-refractivity contribution in [3.63, 3.8) is 0 Å². The van der Waals surface area contributed by atoms with Crippen LogP contribution in [0.15, 0.2) is 18.2 Å². The first-order chi connectivity index (χ1) is 16.7. The van der Waals surface area contributed by atoms with E-state index in [4.69, 9.17) is 0 Å². The second-order valence-electron chi connectivity index (χ2n) is 9.53. The number of rotatable bonds is 4. The molecule has 3 aromatic rings. The minimum Gasteiger partial charge on any atom is -0.340 e. The smallest absolute Gasteiger partial charge is 0.248 e. The maximum Gasteiger partial charge on any atom is 0.248 e. The molecule has 1 amide bonds. The Morgan fingerprint density at radius 3 is 2.63 bits per heavy atom. The molecule has 0 saturated heterocycles. The Morgan fingerprint density at radius 2 is 1.89 bits per heavy atom. The summed E-state index contributed by atoms with van der Waals surface area (Å²) in [7, 11) is 0. The molecule has 2 aliphatic rings. The molecule has 1 aromatic carbocycles. The van der Waals surface area contributed by atoms with Gasteiger partial charge in [0, 0.05) is 55.1 Å². The van der Waals surface area contributed by atoms with E-state index in [0.717, 1.165) is 17.1 Å². The van der Waals surface area contributed by atoms with Crippen LogP contribution in [0, 0.1) is 19.7 Å². The number of halogens is 3. The average Bonchev–Trinajstić information content (AvgIpc) is 3.32. The highest BCUT2D eigenvalue weighted by atomic mass is 32.1. The van der Waals surface area contributed by atoms with Gasteiger partial charge < -0.3 is 4.90 Å². The largest absolute Gasteiger partial charge is 0.340 e. The highest BCUT2D eigenvalue weighted by molar-refractivity contribution is 7.11. The van der Waals surface area contributed by atoms with E-state index in [2.05, 4.69) is 15.1 Å². The summed E-state index contributed by atoms with van der Waals surface area (Å²) in [6.45, 7) is 4.85. The van der Waals surface area contributed by atoms with E-state index in [0.29, 0.717) is 42.3 Å². The van der Waals surface area contributed by atoms with E-state index in [9.17, 15) is 18.0 Å². The van der Waals surface area contributed by atoms with Crippen molar-refractivity contribution >= 4 is 17.2 Å². The Morgan fingerprint density at radius 1 is 1.14 bits per heavy atom. The van der Waals surface area contributed by atoms with Crippen LogP contribution in [-0.2, 0) is 24.2 Å². The standard InChI is InChI=1S/C25H28F3N5OS/c1-15-13-18(3-4-19(15)26)23-30-24(17-5-9-25(27,28)10-6-17)33(31-23)14-22(34)32-11-7-20-21(8-12-32)35-16(2)29-20/h3-4,13,17H,5-12,14H2,1-2H3. The fraction of sp³-hybridized carbons (Fsp3) is 0.520. The Labute approximate surface area is 206 Å². The zero-order chi connectivity index (χ0) is 24.7. The third-order valence-electron chi connectivity index (χ3n) is 6.95. The highest BCUT2D eigenvalue weighted by Crippen LogP contribution is 2.40. The molecule has 0 unspecified atom stereocenters. The number of fused-ring (bicyclic) bond motifs is 1. The quantitative estimate of drug-likeness (QED) is 0.498. The number of thiazole rings is 1. The average molecular weight is 504 g/mol. The first kappa shape index (κ1) is 24.0. The molecule has 0 atom stereocenters. The number of alkyl halides is 2. The second-order valence-corrected chi connectivity index (χ2v) is 10.8. The summed E-state index contributed by atoms with van der Waals surface area (Å²) in [6, 6.07) is 4.63. The Balaban J connectivity index is 1.39. The van der Waals surface area contributed by atoms with Gasteiger partial charge in [0.15, 0.2) is 5.82 Å². The summed E-state index contributed by atoms with van der Waals surface area (Å²) in [4.78, 5) is 25.6. The van der Waals surface area contributed by atoms with Crippen LogP contribution in [0.5, 0.6) is 0 Å². The van der Waals surface area contributed by atoms with E-state index in [1.54, 1.807) is 35.1 Å². The molecule has 1 aliphatic carbocycles. The first-order valence-corrected chi connectivity index (χ1v) is 12.8. The first-order valence-electron chi connectivity index (χ1n) is 12.0. The summed E-state index contributed by atoms with van der Waals surface area (Å²) in [5, 5.41) is 5.64. The minimum atomic E-state index is -2.66. The van der Waals surface area contributed by atoms with Gasteiger partial charge in [-0.05, 0) is 50.5 Å². The fourth-order valence-electron chi connectivity index (χ4n) is 4.95. The van der Waals surface area contributed by atoms with Gasteiger partial charge in [-0.25, -0.2) is 27.8 Å². The minimum absolute atomic E-state index is 0.00446. The van der Waals surface area contributed by atoms with Gasteiger partial charge in [-0.15, -0.1) is 11.3 Å². The van der Waals surface area contributed by atoms with Crippen molar-refractivity contribution in [1.82, 2.24) is 24.6 Å². The van der Waals surface area contributed by atoms with Gasteiger partial charge >= 0.3 is 0 Å². The summed E-state index contributed by atoms with van der Waals surface area (Å²) in [6.07, 6.45) is 1.66. The molecular formula is C25H28F3N5OS. The van der Waals surface area contributed by atoms with Crippen LogP contribution in [-0.4, -0.2) is 49.6 Å². The van der Waals surface area contributed by atoms with Crippen molar-refractivity contribution in [2.45, 2.75) is 70.8 Å². The molecule has 6 nitrogen and oxygen atoms in total. The molecule has 10 heteroatoms. The lowest BCUT2D eigenvalue weighted by molar-refractivity contribution is -0.132. The van der Waals surface area contributed by atoms with Crippen molar-refractivity contribution in [3.8, 4) is 11.4 Å². The number of hydrogen-bond acceptors (Lipinski definition) is 5. The zero-order valence-corrected chi connectivity index (χ0v) is 20.7. The maximum absolute atomic E-state index is 13.8. The molecule has 186 valence electrons. The van der Waals surface area contributed by atoms with Gasteiger partial charge in [-0.1, -0.05) is 0 Å². The number of nitrogens with zero attached hydrogens (tertiary/aromatic N) is 5. The number of aryl methyl sites for hydroxylation is 2. The van der Waals surface area contributed by atoms with E-state index in [1.165, 1.54) is 10.9 Å². The third-order valence-corrected chi connectivity index (χ3v) is 8.02. The predicted octanol–water partition coefficient (Wildman–Crippen LogP) is 5.08. The van der Waals surface area contributed by atoms with Gasteiger partial charge in [0.25, 0.3) is 0 Å². The molecule has 0 N–H and O–H groups in total. The summed E-state index contributed by atoms with van der Waals surface area (Å²) >= 11 is 1.68. The summed E-state index contributed by atoms with van der Waals surface area (Å²) < 4.78 is 43.0. The second kappa shape index (κ2) is 9.37. The number of benzene rings is 1. The van der Waals surface area contributed by atoms with E-state index >= 15 is 0 Å². The van der Waals surface area contributed by atoms with Gasteiger partial charge in [-0.2, -0.15) is 5.10 Å². The number of carbonyl (C=O) groups excluding carboxylic acids is 1. The lowest BCUT2D eigenvalue weighted by atomic mass is 9.86. The van der Waals surface area contributed by atoms with Gasteiger partial charge in [-0.3, -0.25) is 4.79 Å². The van der Waals surface area contributed by atoms with Crippen LogP contribution in [0.3, 0.4) is 0 Å². The normalized spacial score (nSPS) is 18.4. The van der Waals surface area contributed by atoms with Crippen LogP contribution in [0.1, 0.15) is 58.6 Å². The molecule has 1 aliphatic heterocycles. The lowest BCUT2D eigenvalue weighted by Gasteiger charge is -2.28. The predicted molar refractivity (Wildman–Crippen MR) is 127 cm³/mol. The highest BCUT2D eigenvalue weighted by Gasteiger charge is 2.37. The number of hydrogen-bond donors (Lipinski definition) is 0. The molecule has 0 radical (unpaired) electrons. The Hall–Kier alpha value is -2.75. The molecule has 5 rings (SSSR count). The van der Waals surface area contributed by atoms with Crippen molar-refractivity contribution in [1.29, 1.82) is 0 Å². The fourth-order valence-corrected chi connectivity index (χ4v) is 5.92. The molecular weight excluding hydrogens is 475 g/mol. The number of amides is 1. The SMILES string of the molecule is Cc1nc2c(s1)CCN(C(=O)Cn1nc(-c3ccc(F)c(C)c3)nc1C1CCC(F)(F)CC1)CC2. The monoisotopic (exact) mass is 503 g/mol. The lowest BCUT2D eigenvalue weighted by Crippen LogP contribution is -2.36. The zero-order valence-electron chi connectivity index (χ0n) is 19.9. The maximum atomic E-state index is 13.8. The topological polar surface area (TPSA) is 63.9 Å². The molecule has 35 heavy (non-hydrogen) atoms. The molecule has 3 heterocycles. The van der Waals surface area contributed by atoms with Gasteiger partial charge in [0.05, 0.1) is 10.7 Å². The number of carbonyl (C=O) groups is 1. The van der Waals surface area contributed by atoms with Crippen LogP contribution in [0.4, 0.5) is 13.2 Å². The van der Waals surface area contributed by atoms with E-state index in [-0.39, 0.29) is 49.9 Å². The summed E-state index contributed by atoms with van der Waals surface area (Å²) in [5.41, 5.74) is 2.18. The Bertz CT molecular complexity index is 1220. The van der Waals surface area contributed by atoms with E-state index in [1.807, 2.05) is 11.8 Å². The van der Waals surface area contributed by atoms with Crippen LogP contribution in [0.25, 0.3) is 11.4 Å². The van der Waals surface area contributed by atoms with Crippen LogP contribution < -0.4 is 0 Å². The van der Waals surface area contributed by atoms with Crippen molar-refractivity contribution in [2.24, 2.45) is 0 Å². The van der Waals surface area contributed by atoms with Gasteiger partial charge in [0.2, 0.25) is 11.8 Å². The Kier molecular flexibility index (Phi) is 6.41. The molecule has 2 aromatic heterocycles. The van der Waals surface area contributed by atoms with Gasteiger partial charge in [0.1, 0.15) is 18.2 Å². The van der Waals surface area contributed by atoms with Crippen LogP contribution >= 0.6 is 11.3 Å². The molecule has 1 saturated carbocycles. The van der Waals surface area contributed by atoms with Crippen molar-refractivity contribution in [3.05, 3.63) is 51.0 Å². The van der Waals surface area contributed by atoms with Crippen molar-refractivity contribution in [2.75, 3.05) is 13.1 Å². The molecule has 0 spiro atoms. The number of aromatic nitrogens is 4.